The van der Waals surface area contributed by atoms with E-state index in [1.54, 1.807) is 37.5 Å². The molecule has 1 N–H and O–H groups in total. The van der Waals surface area contributed by atoms with E-state index in [1.165, 1.54) is 14.2 Å². The summed E-state index contributed by atoms with van der Waals surface area (Å²) in [5, 5.41) is 10.5. The van der Waals surface area contributed by atoms with Crippen molar-refractivity contribution in [1.29, 1.82) is 0 Å². The fraction of sp³-hybridized carbons (Fsp3) is 0.375. The minimum Gasteiger partial charge on any atom is -0.507 e. The molecule has 1 fully saturated rings. The van der Waals surface area contributed by atoms with Crippen LogP contribution in [0.2, 0.25) is 0 Å². The molecule has 0 amide bonds. The van der Waals surface area contributed by atoms with Crippen LogP contribution in [0.3, 0.4) is 0 Å². The number of benzene rings is 2. The molecule has 8 nitrogen and oxygen atoms in total. The zero-order chi connectivity index (χ0) is 22.8. The number of phenolic OH excluding ortho intramolecular Hbond substituents is 1. The molecule has 0 atom stereocenters. The Labute approximate surface area is 187 Å². The van der Waals surface area contributed by atoms with Gasteiger partial charge in [0.1, 0.15) is 11.5 Å². The van der Waals surface area contributed by atoms with Crippen molar-refractivity contribution in [2.75, 3.05) is 54.6 Å². The lowest BCUT2D eigenvalue weighted by Crippen LogP contribution is -2.43. The molecule has 0 aliphatic carbocycles. The van der Waals surface area contributed by atoms with Crippen LogP contribution in [0.15, 0.2) is 30.0 Å². The summed E-state index contributed by atoms with van der Waals surface area (Å²) in [6.45, 7) is 4.21. The van der Waals surface area contributed by atoms with E-state index in [2.05, 4.69) is 16.8 Å². The molecule has 8 heteroatoms. The quantitative estimate of drug-likeness (QED) is 0.687. The summed E-state index contributed by atoms with van der Waals surface area (Å²) in [5.74, 6) is 1.85. The molecule has 2 aromatic carbocycles. The maximum Gasteiger partial charge on any atom is 0.231 e. The van der Waals surface area contributed by atoms with Gasteiger partial charge in [-0.3, -0.25) is 9.69 Å². The standard InChI is InChI=1S/C24H28N2O6/c1-25-9-11-26(12-10-25)14-17-18(27)7-6-16-21(28)20(32-23(16)17)13-15-5-8-19(29-2)24(31-4)22(15)30-3/h5-8,13,27H,9-12,14H2,1-4H3/b20-13-. The smallest absolute Gasteiger partial charge is 0.231 e. The molecule has 0 saturated carbocycles. The number of aromatic hydroxyl groups is 1. The maximum absolute atomic E-state index is 13.1. The van der Waals surface area contributed by atoms with Gasteiger partial charge in [0.2, 0.25) is 11.5 Å². The highest BCUT2D eigenvalue weighted by Gasteiger charge is 2.32. The fourth-order valence-electron chi connectivity index (χ4n) is 4.06. The maximum atomic E-state index is 13.1. The number of methoxy groups -OCH3 is 3. The number of ether oxygens (including phenoxy) is 4. The van der Waals surface area contributed by atoms with Gasteiger partial charge >= 0.3 is 0 Å². The topological polar surface area (TPSA) is 80.7 Å². The predicted molar refractivity (Wildman–Crippen MR) is 120 cm³/mol. The van der Waals surface area contributed by atoms with Gasteiger partial charge in [0.25, 0.3) is 0 Å². The third-order valence-electron chi connectivity index (χ3n) is 5.92. The molecular formula is C24H28N2O6. The SMILES string of the molecule is COc1ccc(/C=C2\Oc3c(ccc(O)c3CN3CCN(C)CC3)C2=O)c(OC)c1OC. The number of rotatable bonds is 6. The Balaban J connectivity index is 1.67. The first-order valence-corrected chi connectivity index (χ1v) is 10.5. The largest absolute Gasteiger partial charge is 0.507 e. The molecule has 1 saturated heterocycles. The van der Waals surface area contributed by atoms with E-state index in [1.807, 2.05) is 0 Å². The van der Waals surface area contributed by atoms with Crippen molar-refractivity contribution in [3.8, 4) is 28.7 Å². The number of hydrogen-bond donors (Lipinski definition) is 1. The number of carbonyl (C=O) groups is 1. The van der Waals surface area contributed by atoms with E-state index < -0.39 is 0 Å². The molecule has 0 bridgehead atoms. The lowest BCUT2D eigenvalue weighted by Gasteiger charge is -2.32. The number of carbonyl (C=O) groups excluding carboxylic acids is 1. The number of piperazine rings is 1. The number of allylic oxidation sites excluding steroid dienone is 1. The van der Waals surface area contributed by atoms with Gasteiger partial charge in [0.15, 0.2) is 17.3 Å². The summed E-state index contributed by atoms with van der Waals surface area (Å²) in [4.78, 5) is 17.6. The van der Waals surface area contributed by atoms with Crippen molar-refractivity contribution in [3.05, 3.63) is 46.7 Å². The Morgan fingerprint density at radius 2 is 1.72 bits per heavy atom. The third-order valence-corrected chi connectivity index (χ3v) is 5.92. The van der Waals surface area contributed by atoms with Crippen LogP contribution in [0.4, 0.5) is 0 Å². The van der Waals surface area contributed by atoms with Gasteiger partial charge in [-0.2, -0.15) is 0 Å². The molecule has 2 aromatic rings. The molecule has 2 heterocycles. The molecule has 2 aliphatic heterocycles. The Morgan fingerprint density at radius 1 is 1.00 bits per heavy atom. The van der Waals surface area contributed by atoms with E-state index in [4.69, 9.17) is 18.9 Å². The highest BCUT2D eigenvalue weighted by Crippen LogP contribution is 2.43. The van der Waals surface area contributed by atoms with Crippen LogP contribution in [0.1, 0.15) is 21.5 Å². The summed E-state index contributed by atoms with van der Waals surface area (Å²) in [7, 11) is 6.69. The summed E-state index contributed by atoms with van der Waals surface area (Å²) >= 11 is 0. The summed E-state index contributed by atoms with van der Waals surface area (Å²) in [6.07, 6.45) is 1.62. The van der Waals surface area contributed by atoms with Crippen molar-refractivity contribution >= 4 is 11.9 Å². The van der Waals surface area contributed by atoms with Crippen molar-refractivity contribution in [2.45, 2.75) is 6.54 Å². The average molecular weight is 440 g/mol. The third kappa shape index (κ3) is 3.99. The van der Waals surface area contributed by atoms with Gasteiger partial charge in [-0.1, -0.05) is 0 Å². The Hall–Kier alpha value is -3.23. The van der Waals surface area contributed by atoms with Crippen molar-refractivity contribution in [3.63, 3.8) is 0 Å². The number of phenols is 1. The number of nitrogens with zero attached hydrogens (tertiary/aromatic N) is 2. The van der Waals surface area contributed by atoms with E-state index >= 15 is 0 Å². The number of hydrogen-bond acceptors (Lipinski definition) is 8. The second-order valence-electron chi connectivity index (χ2n) is 7.88. The van der Waals surface area contributed by atoms with E-state index in [0.29, 0.717) is 46.2 Å². The molecular weight excluding hydrogens is 412 g/mol. The predicted octanol–water partition coefficient (Wildman–Crippen LogP) is 2.78. The summed E-state index contributed by atoms with van der Waals surface area (Å²) < 4.78 is 22.3. The van der Waals surface area contributed by atoms with Crippen LogP contribution in [-0.4, -0.2) is 75.2 Å². The first kappa shape index (κ1) is 22.0. The first-order chi connectivity index (χ1) is 15.5. The number of likely N-dealkylation sites (N-methyl/N-ethyl adjacent to an activating group) is 1. The Morgan fingerprint density at radius 3 is 2.38 bits per heavy atom. The van der Waals surface area contributed by atoms with E-state index in [9.17, 15) is 9.90 Å². The Kier molecular flexibility index (Phi) is 6.25. The van der Waals surface area contributed by atoms with Crippen LogP contribution in [-0.2, 0) is 6.54 Å². The number of ketones is 1. The Bertz CT molecular complexity index is 1060. The monoisotopic (exact) mass is 440 g/mol. The molecule has 4 rings (SSSR count). The average Bonchev–Trinajstić information content (AvgIpc) is 3.12. The van der Waals surface area contributed by atoms with Crippen LogP contribution < -0.4 is 18.9 Å². The number of Topliss-reactive ketones (excluding diaryl/α,β-unsaturated/α-hetero) is 1. The van der Waals surface area contributed by atoms with Gasteiger partial charge in [0.05, 0.1) is 32.5 Å². The molecule has 170 valence electrons. The zero-order valence-corrected chi connectivity index (χ0v) is 18.8. The van der Waals surface area contributed by atoms with Gasteiger partial charge in [-0.25, -0.2) is 0 Å². The second kappa shape index (κ2) is 9.10. The van der Waals surface area contributed by atoms with Crippen LogP contribution in [0, 0.1) is 0 Å². The van der Waals surface area contributed by atoms with E-state index in [0.717, 1.165) is 26.2 Å². The molecule has 32 heavy (non-hydrogen) atoms. The fourth-order valence-corrected chi connectivity index (χ4v) is 4.06. The minimum absolute atomic E-state index is 0.125. The van der Waals surface area contributed by atoms with Crippen LogP contribution in [0.25, 0.3) is 6.08 Å². The highest BCUT2D eigenvalue weighted by atomic mass is 16.5. The lowest BCUT2D eigenvalue weighted by atomic mass is 10.0. The van der Waals surface area contributed by atoms with Crippen molar-refractivity contribution in [1.82, 2.24) is 9.80 Å². The minimum atomic E-state index is -0.239. The van der Waals surface area contributed by atoms with Crippen LogP contribution in [0.5, 0.6) is 28.7 Å². The van der Waals surface area contributed by atoms with E-state index in [-0.39, 0.29) is 17.3 Å². The molecule has 0 radical (unpaired) electrons. The molecule has 0 unspecified atom stereocenters. The first-order valence-electron chi connectivity index (χ1n) is 10.5. The lowest BCUT2D eigenvalue weighted by molar-refractivity contribution is 0.101. The van der Waals surface area contributed by atoms with Crippen molar-refractivity contribution < 1.29 is 28.8 Å². The van der Waals surface area contributed by atoms with Gasteiger partial charge in [0, 0.05) is 38.3 Å². The molecule has 0 aromatic heterocycles. The summed E-state index contributed by atoms with van der Waals surface area (Å²) in [6, 6.07) is 6.68. The summed E-state index contributed by atoms with van der Waals surface area (Å²) in [5.41, 5.74) is 1.69. The van der Waals surface area contributed by atoms with Crippen LogP contribution >= 0.6 is 0 Å². The molecule has 0 spiro atoms. The number of fused-ring (bicyclic) bond motifs is 1. The highest BCUT2D eigenvalue weighted by molar-refractivity contribution is 6.15. The van der Waals surface area contributed by atoms with Crippen molar-refractivity contribution in [2.24, 2.45) is 0 Å². The normalized spacial score (nSPS) is 17.9. The molecule has 2 aliphatic rings. The van der Waals surface area contributed by atoms with Gasteiger partial charge in [-0.15, -0.1) is 0 Å². The van der Waals surface area contributed by atoms with Gasteiger partial charge in [-0.05, 0) is 37.4 Å². The zero-order valence-electron chi connectivity index (χ0n) is 18.8. The van der Waals surface area contributed by atoms with Gasteiger partial charge < -0.3 is 29.0 Å². The second-order valence-corrected chi connectivity index (χ2v) is 7.88.